The molecule has 0 saturated heterocycles. The van der Waals surface area contributed by atoms with Gasteiger partial charge in [0.2, 0.25) is 0 Å². The van der Waals surface area contributed by atoms with Gasteiger partial charge in [0.05, 0.1) is 0 Å². The average Bonchev–Trinajstić information content (AvgIpc) is 2.08. The summed E-state index contributed by atoms with van der Waals surface area (Å²) in [5, 5.41) is 0. The van der Waals surface area contributed by atoms with Crippen LogP contribution < -0.4 is 5.73 Å². The van der Waals surface area contributed by atoms with Crippen LogP contribution in [0, 0.1) is 0 Å². The fourth-order valence-corrected chi connectivity index (χ4v) is 0.763. The summed E-state index contributed by atoms with van der Waals surface area (Å²) < 4.78 is 0. The highest BCUT2D eigenvalue weighted by Crippen LogP contribution is 1.99. The van der Waals surface area contributed by atoms with Gasteiger partial charge in [-0.3, -0.25) is 4.98 Å². The molecule has 0 aliphatic carbocycles. The molecule has 2 heteroatoms. The van der Waals surface area contributed by atoms with E-state index in [1.54, 1.807) is 12.4 Å². The first kappa shape index (κ1) is 10.7. The largest absolute Gasteiger partial charge is 0.402 e. The maximum Gasteiger partial charge on any atom is 0.0270 e. The predicted octanol–water partition coefficient (Wildman–Crippen LogP) is 2.12. The van der Waals surface area contributed by atoms with Crippen LogP contribution in [-0.4, -0.2) is 4.98 Å². The Morgan fingerprint density at radius 2 is 1.92 bits per heavy atom. The average molecular weight is 164 g/mol. The molecule has 2 nitrogen and oxygen atoms in total. The predicted molar refractivity (Wildman–Crippen MR) is 52.6 cm³/mol. The quantitative estimate of drug-likeness (QED) is 0.727. The van der Waals surface area contributed by atoms with Gasteiger partial charge in [-0.25, -0.2) is 0 Å². The van der Waals surface area contributed by atoms with E-state index >= 15 is 0 Å². The molecule has 1 rings (SSSR count). The van der Waals surface area contributed by atoms with Crippen LogP contribution in [0.25, 0.3) is 0 Å². The molecule has 1 heterocycles. The maximum atomic E-state index is 5.41. The first-order valence-electron chi connectivity index (χ1n) is 4.11. The van der Waals surface area contributed by atoms with Gasteiger partial charge in [0.15, 0.2) is 0 Å². The second-order valence-electron chi connectivity index (χ2n) is 2.19. The van der Waals surface area contributed by atoms with Crippen molar-refractivity contribution in [2.24, 2.45) is 5.73 Å². The van der Waals surface area contributed by atoms with Gasteiger partial charge in [-0.2, -0.15) is 0 Å². The number of pyridine rings is 1. The van der Waals surface area contributed by atoms with Crippen LogP contribution in [0.2, 0.25) is 0 Å². The van der Waals surface area contributed by atoms with Gasteiger partial charge >= 0.3 is 0 Å². The summed E-state index contributed by atoms with van der Waals surface area (Å²) in [6.07, 6.45) is 4.24. The third kappa shape index (κ3) is 4.50. The van der Waals surface area contributed by atoms with Crippen LogP contribution >= 0.6 is 0 Å². The lowest BCUT2D eigenvalue weighted by atomic mass is 10.2. The molecule has 0 unspecified atom stereocenters. The van der Waals surface area contributed by atoms with Gasteiger partial charge in [0, 0.05) is 24.5 Å². The van der Waals surface area contributed by atoms with Crippen LogP contribution in [0.3, 0.4) is 0 Å². The Hall–Kier alpha value is -1.31. The molecule has 1 aromatic rings. The molecule has 0 bridgehead atoms. The first-order chi connectivity index (χ1) is 5.79. The Morgan fingerprint density at radius 3 is 2.33 bits per heavy atom. The van der Waals surface area contributed by atoms with E-state index < -0.39 is 0 Å². The summed E-state index contributed by atoms with van der Waals surface area (Å²) in [6.45, 7) is 7.61. The van der Waals surface area contributed by atoms with E-state index in [9.17, 15) is 0 Å². The van der Waals surface area contributed by atoms with Crippen molar-refractivity contribution in [3.8, 4) is 0 Å². The van der Waals surface area contributed by atoms with E-state index in [4.69, 9.17) is 5.73 Å². The molecule has 0 atom stereocenters. The van der Waals surface area contributed by atoms with E-state index in [0.717, 1.165) is 12.0 Å². The van der Waals surface area contributed by atoms with Crippen LogP contribution in [-0.2, 0) is 6.42 Å². The molecule has 1 aromatic heterocycles. The summed E-state index contributed by atoms with van der Waals surface area (Å²) in [5.74, 6) is 0. The zero-order valence-corrected chi connectivity index (χ0v) is 7.75. The van der Waals surface area contributed by atoms with Crippen molar-refractivity contribution < 1.29 is 0 Å². The van der Waals surface area contributed by atoms with Crippen molar-refractivity contribution in [3.05, 3.63) is 42.4 Å². The van der Waals surface area contributed by atoms with Crippen molar-refractivity contribution >= 4 is 0 Å². The number of aromatic nitrogens is 1. The monoisotopic (exact) mass is 164 g/mol. The molecular weight excluding hydrogens is 148 g/mol. The number of hydrogen-bond donors (Lipinski definition) is 1. The van der Waals surface area contributed by atoms with E-state index in [0.29, 0.717) is 5.70 Å². The van der Waals surface area contributed by atoms with Crippen molar-refractivity contribution in [2.75, 3.05) is 0 Å². The minimum atomic E-state index is 0.686. The zero-order valence-electron chi connectivity index (χ0n) is 7.75. The Morgan fingerprint density at radius 1 is 1.42 bits per heavy atom. The highest BCUT2D eigenvalue weighted by molar-refractivity contribution is 5.15. The van der Waals surface area contributed by atoms with Crippen LogP contribution in [0.5, 0.6) is 0 Å². The summed E-state index contributed by atoms with van der Waals surface area (Å²) in [5.41, 5.74) is 7.25. The van der Waals surface area contributed by atoms with Gasteiger partial charge < -0.3 is 5.73 Å². The summed E-state index contributed by atoms with van der Waals surface area (Å²) in [4.78, 5) is 3.88. The third-order valence-corrected chi connectivity index (χ3v) is 1.18. The smallest absolute Gasteiger partial charge is 0.0270 e. The molecule has 2 N–H and O–H groups in total. The van der Waals surface area contributed by atoms with E-state index in [-0.39, 0.29) is 0 Å². The molecule has 0 aliphatic rings. The highest BCUT2D eigenvalue weighted by atomic mass is 14.6. The van der Waals surface area contributed by atoms with Crippen molar-refractivity contribution in [3.63, 3.8) is 0 Å². The molecule has 0 amide bonds. The van der Waals surface area contributed by atoms with Crippen molar-refractivity contribution in [1.29, 1.82) is 0 Å². The lowest BCUT2D eigenvalue weighted by Gasteiger charge is -1.97. The van der Waals surface area contributed by atoms with Crippen LogP contribution in [0.1, 0.15) is 19.4 Å². The zero-order chi connectivity index (χ0) is 9.40. The molecule has 66 valence electrons. The summed E-state index contributed by atoms with van der Waals surface area (Å²) in [7, 11) is 0. The summed E-state index contributed by atoms with van der Waals surface area (Å²) in [6, 6.07) is 3.86. The molecule has 12 heavy (non-hydrogen) atoms. The van der Waals surface area contributed by atoms with Gasteiger partial charge in [0.1, 0.15) is 0 Å². The Balaban J connectivity index is 0.000000561. The van der Waals surface area contributed by atoms with Gasteiger partial charge in [-0.15, -0.1) is 0 Å². The lowest BCUT2D eigenvalue weighted by Crippen LogP contribution is -1.98. The minimum Gasteiger partial charge on any atom is -0.402 e. The number of nitrogens with zero attached hydrogens (tertiary/aromatic N) is 1. The highest BCUT2D eigenvalue weighted by Gasteiger charge is 1.89. The molecule has 0 radical (unpaired) electrons. The molecule has 0 saturated carbocycles. The van der Waals surface area contributed by atoms with Crippen molar-refractivity contribution in [2.45, 2.75) is 20.3 Å². The maximum absolute atomic E-state index is 5.41. The Kier molecular flexibility index (Phi) is 5.70. The topological polar surface area (TPSA) is 38.9 Å². The van der Waals surface area contributed by atoms with Gasteiger partial charge in [-0.05, 0) is 17.7 Å². The third-order valence-electron chi connectivity index (χ3n) is 1.18. The Labute approximate surface area is 74.1 Å². The van der Waals surface area contributed by atoms with Crippen molar-refractivity contribution in [1.82, 2.24) is 4.98 Å². The molecular formula is C10H16N2. The SMILES string of the molecule is C=C(N)Cc1ccncc1.CC. The fourth-order valence-electron chi connectivity index (χ4n) is 0.763. The molecule has 0 spiro atoms. The van der Waals surface area contributed by atoms with Crippen LogP contribution in [0.4, 0.5) is 0 Å². The number of rotatable bonds is 2. The van der Waals surface area contributed by atoms with Gasteiger partial charge in [-0.1, -0.05) is 20.4 Å². The molecule has 0 aliphatic heterocycles. The minimum absolute atomic E-state index is 0.686. The van der Waals surface area contributed by atoms with E-state index in [1.165, 1.54) is 0 Å². The molecule has 0 aromatic carbocycles. The summed E-state index contributed by atoms with van der Waals surface area (Å²) >= 11 is 0. The fraction of sp³-hybridized carbons (Fsp3) is 0.300. The van der Waals surface area contributed by atoms with Gasteiger partial charge in [0.25, 0.3) is 0 Å². The number of nitrogens with two attached hydrogens (primary N) is 1. The standard InChI is InChI=1S/C8H10N2.C2H6/c1-7(9)6-8-2-4-10-5-3-8;1-2/h2-5H,1,6,9H2;1-2H3. The normalized spacial score (nSPS) is 8.17. The second-order valence-corrected chi connectivity index (χ2v) is 2.19. The van der Waals surface area contributed by atoms with Crippen LogP contribution in [0.15, 0.2) is 36.8 Å². The Bertz CT molecular complexity index is 217. The second kappa shape index (κ2) is 6.40. The lowest BCUT2D eigenvalue weighted by molar-refractivity contribution is 1.11. The first-order valence-corrected chi connectivity index (χ1v) is 4.11. The van der Waals surface area contributed by atoms with E-state index in [1.807, 2.05) is 26.0 Å². The van der Waals surface area contributed by atoms with E-state index in [2.05, 4.69) is 11.6 Å². The molecule has 0 fully saturated rings. The number of allylic oxidation sites excluding steroid dienone is 1. The number of hydrogen-bond acceptors (Lipinski definition) is 2.